The van der Waals surface area contributed by atoms with E-state index in [1.54, 1.807) is 39.5 Å². The first-order chi connectivity index (χ1) is 12.5. The van der Waals surface area contributed by atoms with Crippen molar-refractivity contribution in [1.82, 2.24) is 14.6 Å². The number of likely N-dealkylation sites (tertiary alicyclic amines) is 1. The molecule has 1 fully saturated rings. The van der Waals surface area contributed by atoms with E-state index in [9.17, 15) is 17.6 Å². The highest BCUT2D eigenvalue weighted by molar-refractivity contribution is 7.90. The van der Waals surface area contributed by atoms with Crippen molar-refractivity contribution in [1.29, 1.82) is 0 Å². The lowest BCUT2D eigenvalue weighted by Crippen LogP contribution is -2.50. The molecule has 0 radical (unpaired) electrons. The van der Waals surface area contributed by atoms with Crippen LogP contribution in [0.2, 0.25) is 0 Å². The Morgan fingerprint density at radius 3 is 2.37 bits per heavy atom. The summed E-state index contributed by atoms with van der Waals surface area (Å²) in [5.41, 5.74) is 2.03. The van der Waals surface area contributed by atoms with Crippen LogP contribution in [0.1, 0.15) is 50.3 Å². The first kappa shape index (κ1) is 21.6. The van der Waals surface area contributed by atoms with Crippen LogP contribution in [-0.2, 0) is 16.7 Å². The Morgan fingerprint density at radius 1 is 1.26 bits per heavy atom. The molecule has 0 unspecified atom stereocenters. The minimum atomic E-state index is -3.41. The maximum absolute atomic E-state index is 12.9. The molecule has 9 heteroatoms. The molecule has 1 aliphatic heterocycles. The van der Waals surface area contributed by atoms with Crippen LogP contribution in [0.3, 0.4) is 0 Å². The second-order valence-corrected chi connectivity index (χ2v) is 10.4. The van der Waals surface area contributed by atoms with Crippen LogP contribution in [0.4, 0.5) is 15.0 Å². The van der Waals surface area contributed by atoms with Gasteiger partial charge in [0.25, 0.3) is 0 Å². The van der Waals surface area contributed by atoms with E-state index in [4.69, 9.17) is 0 Å². The summed E-state index contributed by atoms with van der Waals surface area (Å²) in [5.74, 6) is 0.422. The third kappa shape index (κ3) is 4.95. The molecular weight excluding hydrogens is 371 g/mol. The van der Waals surface area contributed by atoms with E-state index in [0.717, 1.165) is 11.1 Å². The Balaban J connectivity index is 1.95. The van der Waals surface area contributed by atoms with E-state index >= 15 is 0 Å². The van der Waals surface area contributed by atoms with Crippen molar-refractivity contribution in [2.45, 2.75) is 64.9 Å². The molecular formula is C18H29FN4O3S. The molecule has 1 saturated heterocycles. The zero-order chi connectivity index (χ0) is 20.4. The fourth-order valence-corrected chi connectivity index (χ4v) is 3.82. The summed E-state index contributed by atoms with van der Waals surface area (Å²) in [6.45, 7) is 8.87. The largest absolute Gasteiger partial charge is 0.324 e. The molecule has 0 bridgehead atoms. The van der Waals surface area contributed by atoms with E-state index in [1.807, 2.05) is 0 Å². The number of carbonyl (C=O) groups excluding carboxylic acids is 1. The molecule has 0 aromatic carbocycles. The standard InChI is InChI=1S/C18H29FN4O3S/c1-12-13(2)16(20-11-14(12)10-19)21-17(24)23-8-6-15(7-9-23)22-27(25,26)18(3,4)5/h11,15,22H,6-10H2,1-5H3,(H,20,21,24). The summed E-state index contributed by atoms with van der Waals surface area (Å²) in [6.07, 6.45) is 2.54. The van der Waals surface area contributed by atoms with Crippen LogP contribution in [0.5, 0.6) is 0 Å². The second kappa shape index (κ2) is 8.10. The zero-order valence-corrected chi connectivity index (χ0v) is 17.4. The summed E-state index contributed by atoms with van der Waals surface area (Å²) in [7, 11) is -3.41. The van der Waals surface area contributed by atoms with Crippen LogP contribution in [0.25, 0.3) is 0 Å². The topological polar surface area (TPSA) is 91.4 Å². The van der Waals surface area contributed by atoms with E-state index in [-0.39, 0.29) is 12.1 Å². The number of alkyl halides is 1. The van der Waals surface area contributed by atoms with Gasteiger partial charge in [-0.05, 0) is 58.6 Å². The quantitative estimate of drug-likeness (QED) is 0.813. The summed E-state index contributed by atoms with van der Waals surface area (Å²) in [5, 5.41) is 2.77. The van der Waals surface area contributed by atoms with Gasteiger partial charge in [-0.3, -0.25) is 5.32 Å². The van der Waals surface area contributed by atoms with Crippen LogP contribution in [0, 0.1) is 13.8 Å². The van der Waals surface area contributed by atoms with Crippen molar-refractivity contribution in [2.75, 3.05) is 18.4 Å². The zero-order valence-electron chi connectivity index (χ0n) is 16.6. The van der Waals surface area contributed by atoms with Gasteiger partial charge in [0.15, 0.2) is 0 Å². The first-order valence-corrected chi connectivity index (χ1v) is 10.5. The number of sulfonamides is 1. The van der Waals surface area contributed by atoms with Gasteiger partial charge in [-0.2, -0.15) is 0 Å². The lowest BCUT2D eigenvalue weighted by molar-refractivity contribution is 0.192. The van der Waals surface area contributed by atoms with Crippen LogP contribution in [0.15, 0.2) is 6.20 Å². The maximum atomic E-state index is 12.9. The molecule has 2 rings (SSSR count). The minimum absolute atomic E-state index is 0.177. The van der Waals surface area contributed by atoms with Gasteiger partial charge in [-0.25, -0.2) is 27.3 Å². The molecule has 2 amide bonds. The van der Waals surface area contributed by atoms with Gasteiger partial charge in [-0.1, -0.05) is 0 Å². The molecule has 0 atom stereocenters. The minimum Gasteiger partial charge on any atom is -0.324 e. The van der Waals surface area contributed by atoms with E-state index in [2.05, 4.69) is 15.0 Å². The second-order valence-electron chi connectivity index (χ2n) is 7.94. The third-order valence-electron chi connectivity index (χ3n) is 5.03. The highest BCUT2D eigenvalue weighted by atomic mass is 32.2. The van der Waals surface area contributed by atoms with E-state index in [0.29, 0.717) is 37.3 Å². The summed E-state index contributed by atoms with van der Waals surface area (Å²) < 4.78 is 39.3. The average Bonchev–Trinajstić information content (AvgIpc) is 2.58. The number of halogens is 1. The number of amides is 2. The molecule has 2 heterocycles. The number of hydrogen-bond donors (Lipinski definition) is 2. The Kier molecular flexibility index (Phi) is 6.47. The van der Waals surface area contributed by atoms with E-state index < -0.39 is 21.4 Å². The number of anilines is 1. The number of urea groups is 1. The SMILES string of the molecule is Cc1c(CF)cnc(NC(=O)N2CCC(NS(=O)(=O)C(C)(C)C)CC2)c1C. The predicted octanol–water partition coefficient (Wildman–Crippen LogP) is 2.88. The normalized spacial score (nSPS) is 16.4. The fourth-order valence-electron chi connectivity index (χ4n) is 2.79. The summed E-state index contributed by atoms with van der Waals surface area (Å²) >= 11 is 0. The van der Waals surface area contributed by atoms with Crippen molar-refractivity contribution in [3.63, 3.8) is 0 Å². The molecule has 2 N–H and O–H groups in total. The molecule has 152 valence electrons. The van der Waals surface area contributed by atoms with Crippen LogP contribution in [-0.4, -0.2) is 48.2 Å². The number of nitrogens with zero attached hydrogens (tertiary/aromatic N) is 2. The van der Waals surface area contributed by atoms with Gasteiger partial charge in [0.2, 0.25) is 10.0 Å². The fraction of sp³-hybridized carbons (Fsp3) is 0.667. The van der Waals surface area contributed by atoms with Gasteiger partial charge < -0.3 is 4.90 Å². The van der Waals surface area contributed by atoms with Gasteiger partial charge in [0, 0.05) is 30.9 Å². The van der Waals surface area contributed by atoms with Crippen LogP contribution < -0.4 is 10.0 Å². The summed E-state index contributed by atoms with van der Waals surface area (Å²) in [6, 6.07) is -0.459. The Hall–Kier alpha value is -1.74. The molecule has 1 aromatic rings. The average molecular weight is 401 g/mol. The molecule has 1 aliphatic rings. The maximum Gasteiger partial charge on any atom is 0.323 e. The van der Waals surface area contributed by atoms with Crippen LogP contribution >= 0.6 is 0 Å². The lowest BCUT2D eigenvalue weighted by atomic mass is 10.1. The van der Waals surface area contributed by atoms with Crippen molar-refractivity contribution in [3.8, 4) is 0 Å². The molecule has 0 aliphatic carbocycles. The smallest absolute Gasteiger partial charge is 0.323 e. The number of pyridine rings is 1. The lowest BCUT2D eigenvalue weighted by Gasteiger charge is -2.33. The molecule has 0 spiro atoms. The number of nitrogens with one attached hydrogen (secondary N) is 2. The van der Waals surface area contributed by atoms with Gasteiger partial charge in [0.1, 0.15) is 12.5 Å². The van der Waals surface area contributed by atoms with Crippen molar-refractivity contribution >= 4 is 21.9 Å². The Labute approximate surface area is 160 Å². The molecule has 0 saturated carbocycles. The Bertz CT molecular complexity index is 798. The van der Waals surface area contributed by atoms with Gasteiger partial charge in [0.05, 0.1) is 4.75 Å². The highest BCUT2D eigenvalue weighted by Gasteiger charge is 2.33. The van der Waals surface area contributed by atoms with Gasteiger partial charge in [-0.15, -0.1) is 0 Å². The number of hydrogen-bond acceptors (Lipinski definition) is 4. The third-order valence-corrected chi connectivity index (χ3v) is 7.28. The number of carbonyl (C=O) groups is 1. The van der Waals surface area contributed by atoms with Crippen molar-refractivity contribution in [3.05, 3.63) is 22.9 Å². The number of rotatable bonds is 4. The van der Waals surface area contributed by atoms with Gasteiger partial charge >= 0.3 is 6.03 Å². The summed E-state index contributed by atoms with van der Waals surface area (Å²) in [4.78, 5) is 18.3. The first-order valence-electron chi connectivity index (χ1n) is 9.05. The monoisotopic (exact) mass is 400 g/mol. The van der Waals surface area contributed by atoms with E-state index in [1.165, 1.54) is 6.20 Å². The molecule has 7 nitrogen and oxygen atoms in total. The highest BCUT2D eigenvalue weighted by Crippen LogP contribution is 2.22. The number of aromatic nitrogens is 1. The molecule has 27 heavy (non-hydrogen) atoms. The van der Waals surface area contributed by atoms with Crippen molar-refractivity contribution < 1.29 is 17.6 Å². The Morgan fingerprint density at radius 2 is 1.85 bits per heavy atom. The number of piperidine rings is 1. The predicted molar refractivity (Wildman–Crippen MR) is 104 cm³/mol. The van der Waals surface area contributed by atoms with Crippen molar-refractivity contribution in [2.24, 2.45) is 0 Å². The molecule has 1 aromatic heterocycles.